The SMILES string of the molecule is NCc1nnc(-c2cc(Cl)ccc2Cl)s1. The van der Waals surface area contributed by atoms with Crippen molar-refractivity contribution < 1.29 is 0 Å². The normalized spacial score (nSPS) is 10.6. The van der Waals surface area contributed by atoms with Gasteiger partial charge in [0.1, 0.15) is 10.0 Å². The third-order valence-electron chi connectivity index (χ3n) is 1.80. The molecule has 1 heterocycles. The van der Waals surface area contributed by atoms with Crippen LogP contribution in [-0.4, -0.2) is 10.2 Å². The first-order valence-electron chi connectivity index (χ1n) is 4.18. The van der Waals surface area contributed by atoms with Gasteiger partial charge in [0.25, 0.3) is 0 Å². The summed E-state index contributed by atoms with van der Waals surface area (Å²) in [4.78, 5) is 0. The zero-order valence-corrected chi connectivity index (χ0v) is 9.90. The predicted octanol–water partition coefficient (Wildman–Crippen LogP) is 2.97. The van der Waals surface area contributed by atoms with Gasteiger partial charge in [-0.3, -0.25) is 0 Å². The van der Waals surface area contributed by atoms with Crippen molar-refractivity contribution in [2.45, 2.75) is 6.54 Å². The highest BCUT2D eigenvalue weighted by Gasteiger charge is 2.09. The van der Waals surface area contributed by atoms with Gasteiger partial charge in [0, 0.05) is 17.1 Å². The van der Waals surface area contributed by atoms with Gasteiger partial charge in [-0.05, 0) is 18.2 Å². The summed E-state index contributed by atoms with van der Waals surface area (Å²) in [5.74, 6) is 0. The molecule has 2 rings (SSSR count). The van der Waals surface area contributed by atoms with Crippen molar-refractivity contribution in [1.82, 2.24) is 10.2 Å². The molecular weight excluding hydrogens is 253 g/mol. The highest BCUT2D eigenvalue weighted by molar-refractivity contribution is 7.14. The molecule has 2 aromatic rings. The predicted molar refractivity (Wildman–Crippen MR) is 63.3 cm³/mol. The van der Waals surface area contributed by atoms with Gasteiger partial charge < -0.3 is 5.73 Å². The topological polar surface area (TPSA) is 51.8 Å². The van der Waals surface area contributed by atoms with E-state index in [0.717, 1.165) is 15.6 Å². The molecule has 3 nitrogen and oxygen atoms in total. The monoisotopic (exact) mass is 259 g/mol. The molecule has 0 aliphatic heterocycles. The molecule has 6 heteroatoms. The average molecular weight is 260 g/mol. The molecule has 0 saturated carbocycles. The standard InChI is InChI=1S/C9H7Cl2N3S/c10-5-1-2-7(11)6(3-5)9-14-13-8(4-12)15-9/h1-3H,4,12H2. The number of hydrogen-bond donors (Lipinski definition) is 1. The Morgan fingerprint density at radius 3 is 2.73 bits per heavy atom. The molecule has 1 aromatic heterocycles. The van der Waals surface area contributed by atoms with E-state index in [2.05, 4.69) is 10.2 Å². The number of nitrogens with two attached hydrogens (primary N) is 1. The van der Waals surface area contributed by atoms with E-state index in [1.54, 1.807) is 18.2 Å². The first-order chi connectivity index (χ1) is 7.20. The van der Waals surface area contributed by atoms with Crippen molar-refractivity contribution in [2.24, 2.45) is 5.73 Å². The van der Waals surface area contributed by atoms with Gasteiger partial charge in [0.15, 0.2) is 0 Å². The number of nitrogens with zero attached hydrogens (tertiary/aromatic N) is 2. The third kappa shape index (κ3) is 2.29. The molecule has 78 valence electrons. The molecular formula is C9H7Cl2N3S. The van der Waals surface area contributed by atoms with Crippen LogP contribution in [0, 0.1) is 0 Å². The lowest BCUT2D eigenvalue weighted by Crippen LogP contribution is -1.94. The largest absolute Gasteiger partial charge is 0.324 e. The van der Waals surface area contributed by atoms with E-state index in [-0.39, 0.29) is 0 Å². The fourth-order valence-corrected chi connectivity index (χ4v) is 2.29. The Labute approximate surface area is 101 Å². The zero-order chi connectivity index (χ0) is 10.8. The van der Waals surface area contributed by atoms with Crippen LogP contribution >= 0.6 is 34.5 Å². The Hall–Kier alpha value is -0.680. The maximum absolute atomic E-state index is 6.03. The summed E-state index contributed by atoms with van der Waals surface area (Å²) in [7, 11) is 0. The van der Waals surface area contributed by atoms with Crippen molar-refractivity contribution in [2.75, 3.05) is 0 Å². The van der Waals surface area contributed by atoms with E-state index in [0.29, 0.717) is 16.6 Å². The van der Waals surface area contributed by atoms with Crippen LogP contribution < -0.4 is 5.73 Å². The van der Waals surface area contributed by atoms with Crippen LogP contribution in [0.3, 0.4) is 0 Å². The lowest BCUT2D eigenvalue weighted by atomic mass is 10.2. The number of aromatic nitrogens is 2. The maximum atomic E-state index is 6.03. The first-order valence-corrected chi connectivity index (χ1v) is 5.76. The molecule has 0 spiro atoms. The van der Waals surface area contributed by atoms with Crippen LogP contribution in [-0.2, 0) is 6.54 Å². The summed E-state index contributed by atoms with van der Waals surface area (Å²) in [6, 6.07) is 5.24. The fraction of sp³-hybridized carbons (Fsp3) is 0.111. The summed E-state index contributed by atoms with van der Waals surface area (Å²) < 4.78 is 0. The summed E-state index contributed by atoms with van der Waals surface area (Å²) >= 11 is 13.3. The van der Waals surface area contributed by atoms with Gasteiger partial charge in [0.2, 0.25) is 0 Å². The summed E-state index contributed by atoms with van der Waals surface area (Å²) in [5, 5.41) is 10.7. The van der Waals surface area contributed by atoms with E-state index in [4.69, 9.17) is 28.9 Å². The van der Waals surface area contributed by atoms with Crippen LogP contribution in [0.15, 0.2) is 18.2 Å². The molecule has 1 aromatic carbocycles. The molecule has 0 aliphatic carbocycles. The average Bonchev–Trinajstić information content (AvgIpc) is 2.70. The zero-order valence-electron chi connectivity index (χ0n) is 7.58. The van der Waals surface area contributed by atoms with Crippen LogP contribution in [0.2, 0.25) is 10.0 Å². The van der Waals surface area contributed by atoms with Gasteiger partial charge in [-0.2, -0.15) is 0 Å². The van der Waals surface area contributed by atoms with E-state index in [1.807, 2.05) is 0 Å². The Bertz CT molecular complexity index is 484. The fourth-order valence-electron chi connectivity index (χ4n) is 1.11. The quantitative estimate of drug-likeness (QED) is 0.903. The summed E-state index contributed by atoms with van der Waals surface area (Å²) in [5.41, 5.74) is 6.25. The lowest BCUT2D eigenvalue weighted by Gasteiger charge is -1.99. The van der Waals surface area contributed by atoms with Crippen LogP contribution in [0.4, 0.5) is 0 Å². The number of hydrogen-bond acceptors (Lipinski definition) is 4. The Kier molecular flexibility index (Phi) is 3.21. The second-order valence-corrected chi connectivity index (χ2v) is 4.73. The number of halogens is 2. The molecule has 0 amide bonds. The molecule has 0 saturated heterocycles. The Balaban J connectivity index is 2.48. The van der Waals surface area contributed by atoms with Gasteiger partial charge >= 0.3 is 0 Å². The molecule has 0 atom stereocenters. The molecule has 0 bridgehead atoms. The number of rotatable bonds is 2. The summed E-state index contributed by atoms with van der Waals surface area (Å²) in [6.45, 7) is 0.385. The van der Waals surface area contributed by atoms with Crippen LogP contribution in [0.25, 0.3) is 10.6 Å². The smallest absolute Gasteiger partial charge is 0.149 e. The first kappa shape index (κ1) is 10.8. The van der Waals surface area contributed by atoms with Crippen molar-refractivity contribution in [1.29, 1.82) is 0 Å². The molecule has 0 fully saturated rings. The Morgan fingerprint density at radius 2 is 2.07 bits per heavy atom. The highest BCUT2D eigenvalue weighted by Crippen LogP contribution is 2.32. The van der Waals surface area contributed by atoms with E-state index >= 15 is 0 Å². The van der Waals surface area contributed by atoms with Gasteiger partial charge in [-0.15, -0.1) is 10.2 Å². The van der Waals surface area contributed by atoms with Gasteiger partial charge in [-0.1, -0.05) is 34.5 Å². The van der Waals surface area contributed by atoms with Crippen molar-refractivity contribution in [3.05, 3.63) is 33.3 Å². The maximum Gasteiger partial charge on any atom is 0.149 e. The highest BCUT2D eigenvalue weighted by atomic mass is 35.5. The second-order valence-electron chi connectivity index (χ2n) is 2.83. The minimum atomic E-state index is 0.385. The minimum absolute atomic E-state index is 0.385. The van der Waals surface area contributed by atoms with Crippen molar-refractivity contribution in [3.63, 3.8) is 0 Å². The van der Waals surface area contributed by atoms with Gasteiger partial charge in [0.05, 0.1) is 5.02 Å². The van der Waals surface area contributed by atoms with E-state index < -0.39 is 0 Å². The summed E-state index contributed by atoms with van der Waals surface area (Å²) in [6.07, 6.45) is 0. The molecule has 0 unspecified atom stereocenters. The lowest BCUT2D eigenvalue weighted by molar-refractivity contribution is 0.960. The van der Waals surface area contributed by atoms with E-state index in [9.17, 15) is 0 Å². The van der Waals surface area contributed by atoms with Crippen molar-refractivity contribution in [3.8, 4) is 10.6 Å². The second kappa shape index (κ2) is 4.45. The van der Waals surface area contributed by atoms with Crippen LogP contribution in [0.5, 0.6) is 0 Å². The third-order valence-corrected chi connectivity index (χ3v) is 3.34. The number of benzene rings is 1. The molecule has 0 radical (unpaired) electrons. The van der Waals surface area contributed by atoms with Crippen molar-refractivity contribution >= 4 is 34.5 Å². The van der Waals surface area contributed by atoms with Gasteiger partial charge in [-0.25, -0.2) is 0 Å². The Morgan fingerprint density at radius 1 is 1.27 bits per heavy atom. The van der Waals surface area contributed by atoms with Crippen LogP contribution in [0.1, 0.15) is 5.01 Å². The minimum Gasteiger partial charge on any atom is -0.324 e. The molecule has 0 aliphatic rings. The molecule has 2 N–H and O–H groups in total. The molecule has 15 heavy (non-hydrogen) atoms. The van der Waals surface area contributed by atoms with E-state index in [1.165, 1.54) is 11.3 Å².